The van der Waals surface area contributed by atoms with Crippen LogP contribution in [0.15, 0.2) is 55.1 Å². The van der Waals surface area contributed by atoms with Gasteiger partial charge in [0.05, 0.1) is 28.9 Å². The maximum Gasteiger partial charge on any atom is 0.337 e. The third-order valence-electron chi connectivity index (χ3n) is 5.52. The molecule has 0 fully saturated rings. The van der Waals surface area contributed by atoms with E-state index in [-0.39, 0.29) is 12.0 Å². The SMILES string of the molecule is CCC(CC)C(c1ccc2nc(-c3ccc(C(=O)OC)cc3)sc2c1)n1cncn1. The number of carbonyl (C=O) groups excluding carboxylic acids is 1. The van der Waals surface area contributed by atoms with Gasteiger partial charge in [-0.2, -0.15) is 5.10 Å². The lowest BCUT2D eigenvalue weighted by atomic mass is 9.89. The van der Waals surface area contributed by atoms with Gasteiger partial charge >= 0.3 is 5.97 Å². The summed E-state index contributed by atoms with van der Waals surface area (Å²) in [6, 6.07) is 14.0. The molecule has 1 atom stereocenters. The highest BCUT2D eigenvalue weighted by Crippen LogP contribution is 2.36. The Bertz CT molecular complexity index is 1130. The Labute approximate surface area is 179 Å². The van der Waals surface area contributed by atoms with Crippen molar-refractivity contribution in [2.24, 2.45) is 5.92 Å². The summed E-state index contributed by atoms with van der Waals surface area (Å²) < 4.78 is 7.87. The van der Waals surface area contributed by atoms with Crippen LogP contribution in [0.1, 0.15) is 48.7 Å². The Morgan fingerprint density at radius 2 is 1.90 bits per heavy atom. The number of ether oxygens (including phenoxy) is 1. The maximum atomic E-state index is 11.7. The first-order chi connectivity index (χ1) is 14.6. The summed E-state index contributed by atoms with van der Waals surface area (Å²) in [5, 5.41) is 5.36. The molecule has 0 aliphatic heterocycles. The Morgan fingerprint density at radius 1 is 1.13 bits per heavy atom. The van der Waals surface area contributed by atoms with Crippen LogP contribution in [0.5, 0.6) is 0 Å². The Morgan fingerprint density at radius 3 is 2.53 bits per heavy atom. The molecule has 0 N–H and O–H groups in total. The predicted molar refractivity (Wildman–Crippen MR) is 119 cm³/mol. The second-order valence-electron chi connectivity index (χ2n) is 7.21. The number of rotatable bonds is 7. The molecule has 7 heteroatoms. The maximum absolute atomic E-state index is 11.7. The third-order valence-corrected chi connectivity index (χ3v) is 6.59. The summed E-state index contributed by atoms with van der Waals surface area (Å²) in [5.74, 6) is 0.137. The number of hydrogen-bond donors (Lipinski definition) is 0. The lowest BCUT2D eigenvalue weighted by molar-refractivity contribution is 0.0601. The minimum atomic E-state index is -0.337. The van der Waals surface area contributed by atoms with Crippen molar-refractivity contribution < 1.29 is 9.53 Å². The summed E-state index contributed by atoms with van der Waals surface area (Å²) in [4.78, 5) is 20.6. The summed E-state index contributed by atoms with van der Waals surface area (Å²) in [5.41, 5.74) is 3.71. The van der Waals surface area contributed by atoms with Crippen LogP contribution in [-0.2, 0) is 4.74 Å². The van der Waals surface area contributed by atoms with Crippen molar-refractivity contribution in [3.8, 4) is 10.6 Å². The molecular weight excluding hydrogens is 396 g/mol. The van der Waals surface area contributed by atoms with E-state index in [1.165, 1.54) is 12.7 Å². The fourth-order valence-electron chi connectivity index (χ4n) is 3.85. The number of esters is 1. The van der Waals surface area contributed by atoms with Crippen molar-refractivity contribution in [3.05, 3.63) is 66.2 Å². The number of carbonyl (C=O) groups is 1. The van der Waals surface area contributed by atoms with Gasteiger partial charge in [-0.1, -0.05) is 44.9 Å². The average Bonchev–Trinajstić information content (AvgIpc) is 3.46. The highest BCUT2D eigenvalue weighted by molar-refractivity contribution is 7.21. The quantitative estimate of drug-likeness (QED) is 0.376. The summed E-state index contributed by atoms with van der Waals surface area (Å²) in [6.45, 7) is 4.44. The fraction of sp³-hybridized carbons (Fsp3) is 0.304. The number of nitrogens with zero attached hydrogens (tertiary/aromatic N) is 4. The van der Waals surface area contributed by atoms with E-state index < -0.39 is 0 Å². The number of hydrogen-bond acceptors (Lipinski definition) is 6. The molecule has 0 bridgehead atoms. The summed E-state index contributed by atoms with van der Waals surface area (Å²) in [7, 11) is 1.38. The van der Waals surface area contributed by atoms with Crippen LogP contribution in [0.2, 0.25) is 0 Å². The van der Waals surface area contributed by atoms with E-state index in [1.807, 2.05) is 16.8 Å². The van der Waals surface area contributed by atoms with Gasteiger partial charge in [0.15, 0.2) is 0 Å². The standard InChI is InChI=1S/C23H24N4O2S/c1-4-15(5-2)21(27-14-24-13-25-27)18-10-11-19-20(12-18)30-22(26-19)16-6-8-17(9-7-16)23(28)29-3/h6-15,21H,4-5H2,1-3H3. The van der Waals surface area contributed by atoms with Crippen LogP contribution in [0, 0.1) is 5.92 Å². The molecule has 0 radical (unpaired) electrons. The van der Waals surface area contributed by atoms with Crippen LogP contribution in [0.4, 0.5) is 0 Å². The molecule has 0 saturated heterocycles. The number of benzene rings is 2. The van der Waals surface area contributed by atoms with Crippen molar-refractivity contribution in [2.45, 2.75) is 32.7 Å². The minimum absolute atomic E-state index is 0.150. The molecule has 1 unspecified atom stereocenters. The first-order valence-electron chi connectivity index (χ1n) is 10.1. The molecular formula is C23H24N4O2S. The molecule has 154 valence electrons. The van der Waals surface area contributed by atoms with Gasteiger partial charge in [-0.05, 0) is 35.7 Å². The fourth-order valence-corrected chi connectivity index (χ4v) is 4.87. The monoisotopic (exact) mass is 420 g/mol. The smallest absolute Gasteiger partial charge is 0.337 e. The third kappa shape index (κ3) is 3.85. The first-order valence-corrected chi connectivity index (χ1v) is 10.9. The Balaban J connectivity index is 1.70. The zero-order valence-electron chi connectivity index (χ0n) is 17.3. The molecule has 4 rings (SSSR count). The molecule has 0 spiro atoms. The molecule has 4 aromatic rings. The highest BCUT2D eigenvalue weighted by Gasteiger charge is 2.24. The van der Waals surface area contributed by atoms with Gasteiger partial charge in [-0.25, -0.2) is 19.4 Å². The van der Waals surface area contributed by atoms with Crippen molar-refractivity contribution >= 4 is 27.5 Å². The predicted octanol–water partition coefficient (Wildman–Crippen LogP) is 5.37. The van der Waals surface area contributed by atoms with Crippen LogP contribution < -0.4 is 0 Å². The molecule has 30 heavy (non-hydrogen) atoms. The zero-order valence-corrected chi connectivity index (χ0v) is 18.1. The topological polar surface area (TPSA) is 69.9 Å². The van der Waals surface area contributed by atoms with Crippen molar-refractivity contribution in [2.75, 3.05) is 7.11 Å². The second-order valence-corrected chi connectivity index (χ2v) is 8.24. The lowest BCUT2D eigenvalue weighted by Crippen LogP contribution is -2.20. The van der Waals surface area contributed by atoms with E-state index in [0.717, 1.165) is 33.6 Å². The van der Waals surface area contributed by atoms with E-state index in [2.05, 4.69) is 42.1 Å². The van der Waals surface area contributed by atoms with Crippen LogP contribution >= 0.6 is 11.3 Å². The van der Waals surface area contributed by atoms with Gasteiger partial charge in [0, 0.05) is 5.56 Å². The van der Waals surface area contributed by atoms with Crippen molar-refractivity contribution in [1.29, 1.82) is 0 Å². The van der Waals surface area contributed by atoms with Crippen molar-refractivity contribution in [3.63, 3.8) is 0 Å². The number of fused-ring (bicyclic) bond motifs is 1. The van der Waals surface area contributed by atoms with E-state index >= 15 is 0 Å². The molecule has 0 amide bonds. The van der Waals surface area contributed by atoms with E-state index in [1.54, 1.807) is 36.1 Å². The van der Waals surface area contributed by atoms with Gasteiger partial charge < -0.3 is 4.74 Å². The molecule has 0 aliphatic rings. The van der Waals surface area contributed by atoms with Gasteiger partial charge in [0.2, 0.25) is 0 Å². The largest absolute Gasteiger partial charge is 0.465 e. The van der Waals surface area contributed by atoms with Gasteiger partial charge in [0.1, 0.15) is 17.7 Å². The molecule has 2 heterocycles. The van der Waals surface area contributed by atoms with Gasteiger partial charge in [0.25, 0.3) is 0 Å². The Hall–Kier alpha value is -3.06. The molecule has 2 aromatic heterocycles. The van der Waals surface area contributed by atoms with Gasteiger partial charge in [-0.15, -0.1) is 11.3 Å². The average molecular weight is 421 g/mol. The number of thiazole rings is 1. The summed E-state index contributed by atoms with van der Waals surface area (Å²) in [6.07, 6.45) is 5.53. The molecule has 2 aromatic carbocycles. The number of methoxy groups -OCH3 is 1. The van der Waals surface area contributed by atoms with Crippen molar-refractivity contribution in [1.82, 2.24) is 19.7 Å². The van der Waals surface area contributed by atoms with Crippen LogP contribution in [0.25, 0.3) is 20.8 Å². The molecule has 0 saturated carbocycles. The van der Waals surface area contributed by atoms with Gasteiger partial charge in [-0.3, -0.25) is 0 Å². The lowest BCUT2D eigenvalue weighted by Gasteiger charge is -2.25. The molecule has 6 nitrogen and oxygen atoms in total. The van der Waals surface area contributed by atoms with Crippen LogP contribution in [-0.4, -0.2) is 32.8 Å². The normalized spacial score (nSPS) is 12.4. The highest BCUT2D eigenvalue weighted by atomic mass is 32.1. The van der Waals surface area contributed by atoms with E-state index in [9.17, 15) is 4.79 Å². The van der Waals surface area contributed by atoms with Crippen LogP contribution in [0.3, 0.4) is 0 Å². The summed E-state index contributed by atoms with van der Waals surface area (Å²) >= 11 is 1.65. The second kappa shape index (κ2) is 8.75. The van der Waals surface area contributed by atoms with E-state index in [0.29, 0.717) is 11.5 Å². The van der Waals surface area contributed by atoms with E-state index in [4.69, 9.17) is 9.72 Å². The Kier molecular flexibility index (Phi) is 5.90. The first kappa shape index (κ1) is 20.2. The minimum Gasteiger partial charge on any atom is -0.465 e. The molecule has 0 aliphatic carbocycles. The zero-order chi connectivity index (χ0) is 21.1. The number of aromatic nitrogens is 4.